The fourth-order valence-corrected chi connectivity index (χ4v) is 2.01. The van der Waals surface area contributed by atoms with Gasteiger partial charge in [-0.05, 0) is 12.8 Å². The first-order chi connectivity index (χ1) is 7.19. The molecule has 1 fully saturated rings. The first-order valence-electron chi connectivity index (χ1n) is 4.72. The Morgan fingerprint density at radius 3 is 3.00 bits per heavy atom. The van der Waals surface area contributed by atoms with Crippen LogP contribution in [0.3, 0.4) is 0 Å². The molecule has 0 bridgehead atoms. The Balaban J connectivity index is 2.50. The molecule has 4 atom stereocenters. The van der Waals surface area contributed by atoms with Crippen LogP contribution >= 0.6 is 11.6 Å². The van der Waals surface area contributed by atoms with Crippen molar-refractivity contribution in [1.82, 2.24) is 5.32 Å². The van der Waals surface area contributed by atoms with Gasteiger partial charge in [0, 0.05) is 0 Å². The van der Waals surface area contributed by atoms with Gasteiger partial charge in [-0.2, -0.15) is 0 Å². The second kappa shape index (κ2) is 5.94. The number of terminal acetylenes is 1. The predicted octanol–water partition coefficient (Wildman–Crippen LogP) is 0.859. The normalized spacial score (nSPS) is 35.5. The van der Waals surface area contributed by atoms with E-state index in [9.17, 15) is 9.18 Å². The quantitative estimate of drug-likeness (QED) is 0.444. The van der Waals surface area contributed by atoms with E-state index in [2.05, 4.69) is 11.2 Å². The molecule has 0 saturated heterocycles. The molecular weight excluding hydrogens is 221 g/mol. The molecule has 1 aliphatic rings. The minimum atomic E-state index is -1.12. The average Bonchev–Trinajstić information content (AvgIpc) is 2.20. The summed E-state index contributed by atoms with van der Waals surface area (Å²) >= 11 is 5.93. The monoisotopic (exact) mass is 233 g/mol. The van der Waals surface area contributed by atoms with Crippen LogP contribution in [0.25, 0.3) is 0 Å². The van der Waals surface area contributed by atoms with Gasteiger partial charge in [0.15, 0.2) is 0 Å². The lowest BCUT2D eigenvalue weighted by atomic mass is 9.91. The molecule has 1 N–H and O–H groups in total. The summed E-state index contributed by atoms with van der Waals surface area (Å²) < 4.78 is 18.7. The van der Waals surface area contributed by atoms with Crippen LogP contribution in [-0.4, -0.2) is 36.7 Å². The third-order valence-corrected chi connectivity index (χ3v) is 2.90. The standard InChI is InChI=1S/C10H13ClFNO2/c1-2-3-15-10-5-9(13-6-14)8(12)4-7(10)11/h1,6-10H,3-5H2,(H,13,14). The molecule has 1 aliphatic carbocycles. The van der Waals surface area contributed by atoms with Crippen molar-refractivity contribution in [1.29, 1.82) is 0 Å². The SMILES string of the molecule is C#CCOC1CC(NC=O)C(F)CC1Cl. The van der Waals surface area contributed by atoms with E-state index in [0.29, 0.717) is 12.8 Å². The first kappa shape index (κ1) is 12.3. The van der Waals surface area contributed by atoms with E-state index in [1.54, 1.807) is 0 Å². The smallest absolute Gasteiger partial charge is 0.207 e. The minimum Gasteiger partial charge on any atom is -0.364 e. The fraction of sp³-hybridized carbons (Fsp3) is 0.700. The summed E-state index contributed by atoms with van der Waals surface area (Å²) in [6.45, 7) is 0.151. The summed E-state index contributed by atoms with van der Waals surface area (Å²) in [5.41, 5.74) is 0. The maximum Gasteiger partial charge on any atom is 0.207 e. The Hall–Kier alpha value is -0.790. The molecule has 0 aromatic carbocycles. The molecule has 0 aromatic heterocycles. The van der Waals surface area contributed by atoms with Crippen LogP contribution in [-0.2, 0) is 9.53 Å². The molecule has 0 spiro atoms. The minimum absolute atomic E-state index is 0.151. The Bertz CT molecular complexity index is 256. The molecule has 0 heterocycles. The topological polar surface area (TPSA) is 38.3 Å². The van der Waals surface area contributed by atoms with Crippen LogP contribution < -0.4 is 5.32 Å². The molecule has 0 radical (unpaired) electrons. The zero-order valence-corrected chi connectivity index (χ0v) is 8.91. The highest BCUT2D eigenvalue weighted by molar-refractivity contribution is 6.21. The zero-order chi connectivity index (χ0) is 11.3. The summed E-state index contributed by atoms with van der Waals surface area (Å²) in [5, 5.41) is 2.02. The molecule has 3 nitrogen and oxygen atoms in total. The van der Waals surface area contributed by atoms with Crippen LogP contribution in [0.4, 0.5) is 4.39 Å². The summed E-state index contributed by atoms with van der Waals surface area (Å²) in [5.74, 6) is 2.33. The molecule has 15 heavy (non-hydrogen) atoms. The number of ether oxygens (including phenoxy) is 1. The Morgan fingerprint density at radius 1 is 1.67 bits per heavy atom. The molecule has 84 valence electrons. The van der Waals surface area contributed by atoms with Crippen molar-refractivity contribution in [3.63, 3.8) is 0 Å². The van der Waals surface area contributed by atoms with E-state index >= 15 is 0 Å². The number of carbonyl (C=O) groups is 1. The molecule has 0 aromatic rings. The van der Waals surface area contributed by atoms with Crippen LogP contribution in [0.2, 0.25) is 0 Å². The van der Waals surface area contributed by atoms with Crippen molar-refractivity contribution >= 4 is 18.0 Å². The number of hydrogen-bond acceptors (Lipinski definition) is 2. The van der Waals surface area contributed by atoms with E-state index in [-0.39, 0.29) is 19.1 Å². The lowest BCUT2D eigenvalue weighted by Gasteiger charge is -2.34. The summed E-state index contributed by atoms with van der Waals surface area (Å²) in [6.07, 6.45) is 4.64. The van der Waals surface area contributed by atoms with Gasteiger partial charge in [-0.3, -0.25) is 4.79 Å². The van der Waals surface area contributed by atoms with Gasteiger partial charge in [0.1, 0.15) is 12.8 Å². The van der Waals surface area contributed by atoms with Gasteiger partial charge >= 0.3 is 0 Å². The van der Waals surface area contributed by atoms with E-state index in [0.717, 1.165) is 0 Å². The van der Waals surface area contributed by atoms with Crippen LogP contribution in [0.5, 0.6) is 0 Å². The van der Waals surface area contributed by atoms with Gasteiger partial charge in [0.25, 0.3) is 0 Å². The number of nitrogens with one attached hydrogen (secondary N) is 1. The molecule has 1 rings (SSSR count). The van der Waals surface area contributed by atoms with Gasteiger partial charge < -0.3 is 10.1 Å². The fourth-order valence-electron chi connectivity index (χ4n) is 1.66. The van der Waals surface area contributed by atoms with Gasteiger partial charge in [0.05, 0.1) is 17.5 Å². The van der Waals surface area contributed by atoms with Crippen molar-refractivity contribution in [3.05, 3.63) is 0 Å². The predicted molar refractivity (Wildman–Crippen MR) is 55.3 cm³/mol. The van der Waals surface area contributed by atoms with Gasteiger partial charge in [-0.25, -0.2) is 4.39 Å². The van der Waals surface area contributed by atoms with E-state index in [1.807, 2.05) is 0 Å². The largest absolute Gasteiger partial charge is 0.364 e. The van der Waals surface area contributed by atoms with E-state index < -0.39 is 17.6 Å². The van der Waals surface area contributed by atoms with Gasteiger partial charge in [-0.15, -0.1) is 18.0 Å². The van der Waals surface area contributed by atoms with Crippen molar-refractivity contribution in [3.8, 4) is 12.3 Å². The second-order valence-corrected chi connectivity index (χ2v) is 4.01. The number of amides is 1. The third-order valence-electron chi connectivity index (χ3n) is 2.44. The average molecular weight is 234 g/mol. The third kappa shape index (κ3) is 3.37. The van der Waals surface area contributed by atoms with Crippen LogP contribution in [0, 0.1) is 12.3 Å². The summed E-state index contributed by atoms with van der Waals surface area (Å²) in [4.78, 5) is 10.2. The highest BCUT2D eigenvalue weighted by atomic mass is 35.5. The number of carbonyl (C=O) groups excluding carboxylic acids is 1. The molecule has 4 unspecified atom stereocenters. The van der Waals surface area contributed by atoms with Gasteiger partial charge in [0.2, 0.25) is 6.41 Å². The Morgan fingerprint density at radius 2 is 2.40 bits per heavy atom. The highest BCUT2D eigenvalue weighted by Gasteiger charge is 2.36. The highest BCUT2D eigenvalue weighted by Crippen LogP contribution is 2.28. The van der Waals surface area contributed by atoms with Crippen molar-refractivity contribution < 1.29 is 13.9 Å². The van der Waals surface area contributed by atoms with Gasteiger partial charge in [-0.1, -0.05) is 5.92 Å². The Labute approximate surface area is 93.3 Å². The van der Waals surface area contributed by atoms with E-state index in [1.165, 1.54) is 0 Å². The van der Waals surface area contributed by atoms with Crippen molar-refractivity contribution in [2.75, 3.05) is 6.61 Å². The molecule has 1 saturated carbocycles. The molecule has 1 amide bonds. The van der Waals surface area contributed by atoms with Crippen LogP contribution in [0.1, 0.15) is 12.8 Å². The number of alkyl halides is 2. The second-order valence-electron chi connectivity index (χ2n) is 3.45. The van der Waals surface area contributed by atoms with Crippen molar-refractivity contribution in [2.45, 2.75) is 36.5 Å². The summed E-state index contributed by atoms with van der Waals surface area (Å²) in [7, 11) is 0. The van der Waals surface area contributed by atoms with Crippen molar-refractivity contribution in [2.24, 2.45) is 0 Å². The summed E-state index contributed by atoms with van der Waals surface area (Å²) in [6, 6.07) is -0.528. The molecular formula is C10H13ClFNO2. The van der Waals surface area contributed by atoms with Crippen LogP contribution in [0.15, 0.2) is 0 Å². The number of halogens is 2. The molecule has 5 heteroatoms. The lowest BCUT2D eigenvalue weighted by Crippen LogP contribution is -2.48. The number of rotatable bonds is 4. The zero-order valence-electron chi connectivity index (χ0n) is 8.16. The lowest BCUT2D eigenvalue weighted by molar-refractivity contribution is -0.111. The molecule has 0 aliphatic heterocycles. The number of hydrogen-bond donors (Lipinski definition) is 1. The Kier molecular flexibility index (Phi) is 4.86. The maximum absolute atomic E-state index is 13.4. The van der Waals surface area contributed by atoms with E-state index in [4.69, 9.17) is 22.8 Å². The maximum atomic E-state index is 13.4. The first-order valence-corrected chi connectivity index (χ1v) is 5.15.